The Kier molecular flexibility index (Phi) is 5.11. The first-order valence-electron chi connectivity index (χ1n) is 7.36. The number of aliphatic hydroxyl groups excluding tert-OH is 1. The highest BCUT2D eigenvalue weighted by atomic mass is 19.2. The molecule has 2 nitrogen and oxygen atoms in total. The summed E-state index contributed by atoms with van der Waals surface area (Å²) in [7, 11) is 0. The van der Waals surface area contributed by atoms with Crippen molar-refractivity contribution in [2.45, 2.75) is 32.6 Å². The van der Waals surface area contributed by atoms with Crippen LogP contribution >= 0.6 is 0 Å². The Labute approximate surface area is 119 Å². The highest BCUT2D eigenvalue weighted by Gasteiger charge is 2.31. The van der Waals surface area contributed by atoms with E-state index >= 15 is 0 Å². The smallest absolute Gasteiger partial charge is 0.159 e. The van der Waals surface area contributed by atoms with E-state index in [0.717, 1.165) is 50.9 Å². The van der Waals surface area contributed by atoms with Crippen molar-refractivity contribution >= 4 is 0 Å². The minimum absolute atomic E-state index is 0.0957. The Morgan fingerprint density at radius 2 is 1.90 bits per heavy atom. The van der Waals surface area contributed by atoms with Crippen LogP contribution in [0.4, 0.5) is 8.78 Å². The fourth-order valence-electron chi connectivity index (χ4n) is 2.86. The molecular weight excluding hydrogens is 260 g/mol. The third-order valence-corrected chi connectivity index (χ3v) is 4.70. The van der Waals surface area contributed by atoms with Crippen molar-refractivity contribution < 1.29 is 13.9 Å². The van der Waals surface area contributed by atoms with Gasteiger partial charge in [-0.1, -0.05) is 13.0 Å². The lowest BCUT2D eigenvalue weighted by Gasteiger charge is -2.40. The lowest BCUT2D eigenvalue weighted by molar-refractivity contribution is 0.0414. The molecule has 1 aliphatic rings. The molecule has 0 bridgehead atoms. The van der Waals surface area contributed by atoms with Crippen LogP contribution in [0, 0.1) is 17.0 Å². The molecule has 0 amide bonds. The zero-order valence-electron chi connectivity index (χ0n) is 12.0. The Morgan fingerprint density at radius 1 is 1.20 bits per heavy atom. The van der Waals surface area contributed by atoms with Crippen molar-refractivity contribution in [1.82, 2.24) is 4.90 Å². The molecule has 1 aromatic rings. The van der Waals surface area contributed by atoms with Crippen molar-refractivity contribution in [2.75, 3.05) is 26.2 Å². The van der Waals surface area contributed by atoms with Crippen LogP contribution in [0.15, 0.2) is 18.2 Å². The summed E-state index contributed by atoms with van der Waals surface area (Å²) in [6, 6.07) is 4.12. The number of aliphatic hydroxyl groups is 1. The van der Waals surface area contributed by atoms with Gasteiger partial charge in [0, 0.05) is 13.2 Å². The molecule has 0 spiro atoms. The molecule has 4 heteroatoms. The van der Waals surface area contributed by atoms with Crippen molar-refractivity contribution in [3.63, 3.8) is 0 Å². The normalized spacial score (nSPS) is 19.2. The van der Waals surface area contributed by atoms with Gasteiger partial charge in [-0.2, -0.15) is 0 Å². The summed E-state index contributed by atoms with van der Waals surface area (Å²) in [4.78, 5) is 2.34. The second kappa shape index (κ2) is 6.64. The maximum absolute atomic E-state index is 13.1. The standard InChI is InChI=1S/C16H23F2NO/c1-2-16(12-20)6-9-19(10-7-16)8-5-13-3-4-14(17)15(18)11-13/h3-4,11,20H,2,5-10,12H2,1H3. The zero-order chi connectivity index (χ0) is 14.6. The molecule has 1 aliphatic heterocycles. The van der Waals surface area contributed by atoms with Gasteiger partial charge in [0.05, 0.1) is 0 Å². The molecule has 0 aliphatic carbocycles. The van der Waals surface area contributed by atoms with Crippen molar-refractivity contribution in [2.24, 2.45) is 5.41 Å². The van der Waals surface area contributed by atoms with E-state index in [1.165, 1.54) is 12.1 Å². The monoisotopic (exact) mass is 283 g/mol. The molecule has 0 saturated carbocycles. The van der Waals surface area contributed by atoms with E-state index in [-0.39, 0.29) is 12.0 Å². The third kappa shape index (κ3) is 3.55. The van der Waals surface area contributed by atoms with Crippen LogP contribution in [0.3, 0.4) is 0 Å². The lowest BCUT2D eigenvalue weighted by Crippen LogP contribution is -2.42. The highest BCUT2D eigenvalue weighted by molar-refractivity contribution is 5.18. The molecule has 20 heavy (non-hydrogen) atoms. The average molecular weight is 283 g/mol. The first-order chi connectivity index (χ1) is 9.58. The van der Waals surface area contributed by atoms with E-state index in [4.69, 9.17) is 0 Å². The predicted molar refractivity (Wildman–Crippen MR) is 75.5 cm³/mol. The number of halogens is 2. The Hall–Kier alpha value is -1.00. The maximum Gasteiger partial charge on any atom is 0.159 e. The minimum atomic E-state index is -0.789. The van der Waals surface area contributed by atoms with Crippen LogP contribution in [0.5, 0.6) is 0 Å². The van der Waals surface area contributed by atoms with Crippen LogP contribution in [0.2, 0.25) is 0 Å². The number of nitrogens with zero attached hydrogens (tertiary/aromatic N) is 1. The number of benzene rings is 1. The van der Waals surface area contributed by atoms with Crippen LogP contribution in [0.25, 0.3) is 0 Å². The Morgan fingerprint density at radius 3 is 2.45 bits per heavy atom. The molecule has 1 saturated heterocycles. The van der Waals surface area contributed by atoms with Crippen LogP contribution < -0.4 is 0 Å². The van der Waals surface area contributed by atoms with E-state index in [1.54, 1.807) is 6.07 Å². The highest BCUT2D eigenvalue weighted by Crippen LogP contribution is 2.34. The van der Waals surface area contributed by atoms with E-state index in [1.807, 2.05) is 0 Å². The fraction of sp³-hybridized carbons (Fsp3) is 0.625. The number of likely N-dealkylation sites (tertiary alicyclic amines) is 1. The van der Waals surface area contributed by atoms with Gasteiger partial charge in [0.25, 0.3) is 0 Å². The van der Waals surface area contributed by atoms with E-state index in [9.17, 15) is 13.9 Å². The van der Waals surface area contributed by atoms with Crippen LogP contribution in [-0.4, -0.2) is 36.2 Å². The quantitative estimate of drug-likeness (QED) is 0.898. The molecule has 0 aromatic heterocycles. The summed E-state index contributed by atoms with van der Waals surface area (Å²) in [5.74, 6) is -1.56. The van der Waals surface area contributed by atoms with Crippen molar-refractivity contribution in [3.8, 4) is 0 Å². The molecule has 0 radical (unpaired) electrons. The summed E-state index contributed by atoms with van der Waals surface area (Å²) in [5.41, 5.74) is 0.928. The summed E-state index contributed by atoms with van der Waals surface area (Å²) >= 11 is 0. The van der Waals surface area contributed by atoms with E-state index in [0.29, 0.717) is 0 Å². The van der Waals surface area contributed by atoms with Gasteiger partial charge in [-0.25, -0.2) is 8.78 Å². The molecule has 112 valence electrons. The van der Waals surface area contributed by atoms with Crippen LogP contribution in [-0.2, 0) is 6.42 Å². The third-order valence-electron chi connectivity index (χ3n) is 4.70. The summed E-state index contributed by atoms with van der Waals surface area (Å²) < 4.78 is 26.0. The van der Waals surface area contributed by atoms with Gasteiger partial charge in [0.2, 0.25) is 0 Å². The number of rotatable bonds is 5. The average Bonchev–Trinajstić information content (AvgIpc) is 2.49. The lowest BCUT2D eigenvalue weighted by atomic mass is 9.77. The number of hydrogen-bond acceptors (Lipinski definition) is 2. The predicted octanol–water partition coefficient (Wildman–Crippen LogP) is 2.99. The molecule has 1 aromatic carbocycles. The topological polar surface area (TPSA) is 23.5 Å². The SMILES string of the molecule is CCC1(CO)CCN(CCc2ccc(F)c(F)c2)CC1. The van der Waals surface area contributed by atoms with E-state index < -0.39 is 11.6 Å². The first-order valence-corrected chi connectivity index (χ1v) is 7.36. The molecule has 1 heterocycles. The van der Waals surface area contributed by atoms with Gasteiger partial charge in [-0.15, -0.1) is 0 Å². The van der Waals surface area contributed by atoms with Gasteiger partial charge in [-0.05, 0) is 61.9 Å². The van der Waals surface area contributed by atoms with Gasteiger partial charge in [-0.3, -0.25) is 0 Å². The molecule has 1 N–H and O–H groups in total. The second-order valence-electron chi connectivity index (χ2n) is 5.85. The Balaban J connectivity index is 1.82. The van der Waals surface area contributed by atoms with Crippen molar-refractivity contribution in [3.05, 3.63) is 35.4 Å². The summed E-state index contributed by atoms with van der Waals surface area (Å²) in [6.07, 6.45) is 3.77. The van der Waals surface area contributed by atoms with E-state index in [2.05, 4.69) is 11.8 Å². The number of hydrogen-bond donors (Lipinski definition) is 1. The molecule has 0 unspecified atom stereocenters. The Bertz CT molecular complexity index is 436. The summed E-state index contributed by atoms with van der Waals surface area (Å²) in [6.45, 7) is 5.19. The molecular formula is C16H23F2NO. The maximum atomic E-state index is 13.1. The second-order valence-corrected chi connectivity index (χ2v) is 5.85. The zero-order valence-corrected chi connectivity index (χ0v) is 12.0. The van der Waals surface area contributed by atoms with Crippen LogP contribution in [0.1, 0.15) is 31.7 Å². The van der Waals surface area contributed by atoms with Gasteiger partial charge >= 0.3 is 0 Å². The van der Waals surface area contributed by atoms with Gasteiger partial charge < -0.3 is 10.0 Å². The molecule has 0 atom stereocenters. The first kappa shape index (κ1) is 15.4. The van der Waals surface area contributed by atoms with Crippen molar-refractivity contribution in [1.29, 1.82) is 0 Å². The van der Waals surface area contributed by atoms with Gasteiger partial charge in [0.15, 0.2) is 11.6 Å². The molecule has 1 fully saturated rings. The largest absolute Gasteiger partial charge is 0.396 e. The molecule has 2 rings (SSSR count). The summed E-state index contributed by atoms with van der Waals surface area (Å²) in [5, 5.41) is 9.50. The number of piperidine rings is 1. The minimum Gasteiger partial charge on any atom is -0.396 e. The fourth-order valence-corrected chi connectivity index (χ4v) is 2.86. The van der Waals surface area contributed by atoms with Gasteiger partial charge in [0.1, 0.15) is 0 Å².